The average molecular weight is 339 g/mol. The number of nitrogens with zero attached hydrogens (tertiary/aromatic N) is 4. The SMILES string of the molecule is O=C(c1cn(C[C@H]2CCCNC2)nn1)N1CCC[C@H]1c1ccccc1. The van der Waals surface area contributed by atoms with Crippen molar-refractivity contribution in [2.75, 3.05) is 19.6 Å². The van der Waals surface area contributed by atoms with Crippen molar-refractivity contribution in [3.05, 3.63) is 47.8 Å². The fourth-order valence-corrected chi connectivity index (χ4v) is 4.01. The van der Waals surface area contributed by atoms with Crippen molar-refractivity contribution in [3.8, 4) is 0 Å². The lowest BCUT2D eigenvalue weighted by Crippen LogP contribution is -2.32. The Morgan fingerprint density at radius 1 is 1.20 bits per heavy atom. The van der Waals surface area contributed by atoms with Crippen LogP contribution in [0.5, 0.6) is 0 Å². The molecule has 2 atom stereocenters. The van der Waals surface area contributed by atoms with E-state index < -0.39 is 0 Å². The van der Waals surface area contributed by atoms with Crippen LogP contribution in [0.1, 0.15) is 47.8 Å². The third-order valence-corrected chi connectivity index (χ3v) is 5.30. The molecule has 0 spiro atoms. The van der Waals surface area contributed by atoms with E-state index in [4.69, 9.17) is 0 Å². The molecule has 2 aliphatic rings. The minimum absolute atomic E-state index is 0.000581. The van der Waals surface area contributed by atoms with E-state index >= 15 is 0 Å². The van der Waals surface area contributed by atoms with E-state index in [-0.39, 0.29) is 11.9 Å². The second-order valence-electron chi connectivity index (χ2n) is 7.11. The summed E-state index contributed by atoms with van der Waals surface area (Å²) < 4.78 is 1.83. The van der Waals surface area contributed by atoms with E-state index in [1.165, 1.54) is 18.4 Å². The molecule has 132 valence electrons. The summed E-state index contributed by atoms with van der Waals surface area (Å²) >= 11 is 0. The molecule has 2 aromatic rings. The summed E-state index contributed by atoms with van der Waals surface area (Å²) in [5.41, 5.74) is 1.67. The normalized spacial score (nSPS) is 23.8. The highest BCUT2D eigenvalue weighted by Gasteiger charge is 2.31. The van der Waals surface area contributed by atoms with Crippen molar-refractivity contribution in [3.63, 3.8) is 0 Å². The first kappa shape index (κ1) is 16.3. The van der Waals surface area contributed by atoms with Crippen molar-refractivity contribution < 1.29 is 4.79 Å². The summed E-state index contributed by atoms with van der Waals surface area (Å²) in [5.74, 6) is 0.571. The Bertz CT molecular complexity index is 708. The molecule has 4 rings (SSSR count). The van der Waals surface area contributed by atoms with E-state index in [1.807, 2.05) is 34.0 Å². The van der Waals surface area contributed by atoms with Gasteiger partial charge < -0.3 is 10.2 Å². The zero-order chi connectivity index (χ0) is 17.1. The molecule has 6 heteroatoms. The Labute approximate surface area is 148 Å². The highest BCUT2D eigenvalue weighted by atomic mass is 16.2. The number of likely N-dealkylation sites (tertiary alicyclic amines) is 1. The molecule has 25 heavy (non-hydrogen) atoms. The topological polar surface area (TPSA) is 63.1 Å². The molecule has 2 saturated heterocycles. The molecular weight excluding hydrogens is 314 g/mol. The number of piperidine rings is 1. The minimum Gasteiger partial charge on any atom is -0.330 e. The quantitative estimate of drug-likeness (QED) is 0.928. The molecule has 0 saturated carbocycles. The summed E-state index contributed by atoms with van der Waals surface area (Å²) in [6.45, 7) is 3.74. The van der Waals surface area contributed by atoms with Gasteiger partial charge in [-0.1, -0.05) is 35.5 Å². The monoisotopic (exact) mass is 339 g/mol. The first-order valence-corrected chi connectivity index (χ1v) is 9.28. The summed E-state index contributed by atoms with van der Waals surface area (Å²) in [5, 5.41) is 11.8. The van der Waals surface area contributed by atoms with Gasteiger partial charge in [-0.25, -0.2) is 0 Å². The number of hydrogen-bond donors (Lipinski definition) is 1. The molecule has 1 aromatic carbocycles. The Morgan fingerprint density at radius 2 is 2.08 bits per heavy atom. The van der Waals surface area contributed by atoms with Crippen molar-refractivity contribution >= 4 is 5.91 Å². The van der Waals surface area contributed by atoms with Gasteiger partial charge in [0.25, 0.3) is 5.91 Å². The Morgan fingerprint density at radius 3 is 2.88 bits per heavy atom. The molecule has 0 radical (unpaired) electrons. The van der Waals surface area contributed by atoms with E-state index in [2.05, 4.69) is 27.8 Å². The highest BCUT2D eigenvalue weighted by Crippen LogP contribution is 2.32. The Kier molecular flexibility index (Phi) is 4.78. The van der Waals surface area contributed by atoms with Gasteiger partial charge >= 0.3 is 0 Å². The molecule has 0 unspecified atom stereocenters. The first-order chi connectivity index (χ1) is 12.3. The highest BCUT2D eigenvalue weighted by molar-refractivity contribution is 5.92. The second-order valence-corrected chi connectivity index (χ2v) is 7.11. The van der Waals surface area contributed by atoms with E-state index in [0.29, 0.717) is 11.6 Å². The van der Waals surface area contributed by atoms with Crippen LogP contribution in [0.2, 0.25) is 0 Å². The van der Waals surface area contributed by atoms with Gasteiger partial charge in [0.2, 0.25) is 0 Å². The van der Waals surface area contributed by atoms with Crippen LogP contribution in [0, 0.1) is 5.92 Å². The van der Waals surface area contributed by atoms with Crippen molar-refractivity contribution in [1.82, 2.24) is 25.2 Å². The number of hydrogen-bond acceptors (Lipinski definition) is 4. The standard InChI is InChI=1S/C19H25N5O/c25-19(24-11-5-9-18(24)16-7-2-1-3-8-16)17-14-23(22-21-17)13-15-6-4-10-20-12-15/h1-3,7-8,14-15,18,20H,4-6,9-13H2/t15-,18-/m0/s1. The van der Waals surface area contributed by atoms with Gasteiger partial charge in [0, 0.05) is 13.1 Å². The van der Waals surface area contributed by atoms with Gasteiger partial charge in [-0.3, -0.25) is 9.48 Å². The number of nitrogens with one attached hydrogen (secondary N) is 1. The second kappa shape index (κ2) is 7.35. The molecule has 0 bridgehead atoms. The van der Waals surface area contributed by atoms with E-state index in [1.54, 1.807) is 0 Å². The number of carbonyl (C=O) groups is 1. The van der Waals surface area contributed by atoms with Crippen LogP contribution < -0.4 is 5.32 Å². The predicted octanol–water partition coefficient (Wildman–Crippen LogP) is 2.25. The Balaban J connectivity index is 1.45. The molecule has 1 aromatic heterocycles. The predicted molar refractivity (Wildman–Crippen MR) is 95.1 cm³/mol. The number of carbonyl (C=O) groups excluding carboxylic acids is 1. The number of aromatic nitrogens is 3. The fourth-order valence-electron chi connectivity index (χ4n) is 4.01. The van der Waals surface area contributed by atoms with Crippen LogP contribution in [0.15, 0.2) is 36.5 Å². The molecule has 1 amide bonds. The lowest BCUT2D eigenvalue weighted by Gasteiger charge is -2.24. The van der Waals surface area contributed by atoms with Gasteiger partial charge in [0.15, 0.2) is 5.69 Å². The lowest BCUT2D eigenvalue weighted by atomic mass is 10.00. The lowest BCUT2D eigenvalue weighted by molar-refractivity contribution is 0.0729. The molecule has 2 aliphatic heterocycles. The van der Waals surface area contributed by atoms with Crippen LogP contribution in [0.25, 0.3) is 0 Å². The Hall–Kier alpha value is -2.21. The van der Waals surface area contributed by atoms with Crippen LogP contribution >= 0.6 is 0 Å². The van der Waals surface area contributed by atoms with Crippen molar-refractivity contribution in [2.45, 2.75) is 38.3 Å². The number of benzene rings is 1. The maximum atomic E-state index is 12.9. The maximum Gasteiger partial charge on any atom is 0.276 e. The van der Waals surface area contributed by atoms with Crippen LogP contribution in [0.3, 0.4) is 0 Å². The molecule has 0 aliphatic carbocycles. The molecule has 2 fully saturated rings. The van der Waals surface area contributed by atoms with Gasteiger partial charge in [-0.2, -0.15) is 0 Å². The fraction of sp³-hybridized carbons (Fsp3) is 0.526. The van der Waals surface area contributed by atoms with Crippen molar-refractivity contribution in [2.24, 2.45) is 5.92 Å². The largest absolute Gasteiger partial charge is 0.330 e. The van der Waals surface area contributed by atoms with Crippen LogP contribution in [-0.2, 0) is 6.54 Å². The minimum atomic E-state index is -0.000581. The average Bonchev–Trinajstić information content (AvgIpc) is 3.32. The van der Waals surface area contributed by atoms with Gasteiger partial charge in [-0.05, 0) is 50.3 Å². The third-order valence-electron chi connectivity index (χ3n) is 5.30. The van der Waals surface area contributed by atoms with E-state index in [9.17, 15) is 4.79 Å². The van der Waals surface area contributed by atoms with Crippen molar-refractivity contribution in [1.29, 1.82) is 0 Å². The molecule has 1 N–H and O–H groups in total. The summed E-state index contributed by atoms with van der Waals surface area (Å²) in [6.07, 6.45) is 6.28. The summed E-state index contributed by atoms with van der Waals surface area (Å²) in [7, 11) is 0. The zero-order valence-corrected chi connectivity index (χ0v) is 14.5. The zero-order valence-electron chi connectivity index (χ0n) is 14.5. The summed E-state index contributed by atoms with van der Waals surface area (Å²) in [4.78, 5) is 14.9. The van der Waals surface area contributed by atoms with Gasteiger partial charge in [0.1, 0.15) is 0 Å². The number of rotatable bonds is 4. The van der Waals surface area contributed by atoms with Crippen LogP contribution in [-0.4, -0.2) is 45.4 Å². The molecular formula is C19H25N5O. The maximum absolute atomic E-state index is 12.9. The van der Waals surface area contributed by atoms with E-state index in [0.717, 1.165) is 39.0 Å². The smallest absolute Gasteiger partial charge is 0.276 e. The summed E-state index contributed by atoms with van der Waals surface area (Å²) in [6, 6.07) is 10.4. The molecule has 6 nitrogen and oxygen atoms in total. The van der Waals surface area contributed by atoms with Crippen LogP contribution in [0.4, 0.5) is 0 Å². The number of amides is 1. The first-order valence-electron chi connectivity index (χ1n) is 9.28. The van der Waals surface area contributed by atoms with Gasteiger partial charge in [0.05, 0.1) is 12.2 Å². The van der Waals surface area contributed by atoms with Gasteiger partial charge in [-0.15, -0.1) is 5.10 Å². The molecule has 3 heterocycles. The third kappa shape index (κ3) is 3.58.